The molecule has 0 aromatic carbocycles. The maximum atomic E-state index is 11.7. The topological polar surface area (TPSA) is 84.5 Å². The van der Waals surface area contributed by atoms with Gasteiger partial charge in [0.1, 0.15) is 5.60 Å². The van der Waals surface area contributed by atoms with Crippen LogP contribution in [0.4, 0.5) is 4.79 Å². The molecule has 20 heavy (non-hydrogen) atoms. The Hall–Kier alpha value is -1.59. The van der Waals surface area contributed by atoms with Crippen molar-refractivity contribution in [2.45, 2.75) is 58.6 Å². The molecule has 1 heterocycles. The molecule has 0 aromatic heterocycles. The highest BCUT2D eigenvalue weighted by Gasteiger charge is 2.29. The average molecular weight is 284 g/mol. The molecule has 2 atom stereocenters. The van der Waals surface area contributed by atoms with Crippen molar-refractivity contribution in [2.24, 2.45) is 5.92 Å². The average Bonchev–Trinajstić information content (AvgIpc) is 2.28. The Morgan fingerprint density at radius 3 is 2.60 bits per heavy atom. The predicted octanol–water partition coefficient (Wildman–Crippen LogP) is 1.39. The molecule has 2 N–H and O–H groups in total. The molecule has 2 amide bonds. The second-order valence-electron chi connectivity index (χ2n) is 6.18. The van der Waals surface area contributed by atoms with Crippen molar-refractivity contribution in [2.75, 3.05) is 6.54 Å². The molecule has 0 saturated carbocycles. The number of hydrogen-bond donors (Lipinski definition) is 2. The van der Waals surface area contributed by atoms with Crippen molar-refractivity contribution in [1.82, 2.24) is 10.6 Å². The first-order valence-corrected chi connectivity index (χ1v) is 6.96. The number of hydrogen-bond acceptors (Lipinski definition) is 4. The molecule has 114 valence electrons. The van der Waals surface area contributed by atoms with E-state index in [-0.39, 0.29) is 17.6 Å². The summed E-state index contributed by atoms with van der Waals surface area (Å²) in [6.45, 7) is 7.35. The summed E-state index contributed by atoms with van der Waals surface area (Å²) in [7, 11) is 0. The summed E-state index contributed by atoms with van der Waals surface area (Å²) < 4.78 is 5.13. The van der Waals surface area contributed by atoms with Crippen LogP contribution in [0.25, 0.3) is 0 Å². The molecule has 1 saturated heterocycles. The van der Waals surface area contributed by atoms with Crippen molar-refractivity contribution < 1.29 is 19.1 Å². The van der Waals surface area contributed by atoms with Crippen molar-refractivity contribution >= 4 is 17.8 Å². The quantitative estimate of drug-likeness (QED) is 0.817. The molecule has 1 aliphatic rings. The monoisotopic (exact) mass is 284 g/mol. The Morgan fingerprint density at radius 2 is 2.10 bits per heavy atom. The number of alkyl carbamates (subject to hydrolysis) is 1. The van der Waals surface area contributed by atoms with Gasteiger partial charge in [-0.05, 0) is 47.0 Å². The van der Waals surface area contributed by atoms with E-state index in [1.54, 1.807) is 20.8 Å². The van der Waals surface area contributed by atoms with Crippen LogP contribution in [0.3, 0.4) is 0 Å². The maximum Gasteiger partial charge on any atom is 0.408 e. The van der Waals surface area contributed by atoms with Crippen LogP contribution in [0.2, 0.25) is 0 Å². The third-order valence-corrected chi connectivity index (χ3v) is 3.10. The van der Waals surface area contributed by atoms with Crippen LogP contribution in [-0.4, -0.2) is 36.0 Å². The van der Waals surface area contributed by atoms with Crippen LogP contribution in [-0.2, 0) is 14.3 Å². The summed E-state index contributed by atoms with van der Waals surface area (Å²) in [5, 5.41) is 5.32. The van der Waals surface area contributed by atoms with Gasteiger partial charge in [-0.3, -0.25) is 9.59 Å². The van der Waals surface area contributed by atoms with Crippen molar-refractivity contribution in [3.8, 4) is 0 Å². The van der Waals surface area contributed by atoms with Gasteiger partial charge in [-0.1, -0.05) is 0 Å². The van der Waals surface area contributed by atoms with E-state index >= 15 is 0 Å². The lowest BCUT2D eigenvalue weighted by atomic mass is 9.90. The van der Waals surface area contributed by atoms with Gasteiger partial charge in [0.2, 0.25) is 5.91 Å². The SMILES string of the molecule is CC(=O)[C@H](C[C@@H]1CCCNC1=O)NC(=O)OC(C)(C)C. The zero-order valence-corrected chi connectivity index (χ0v) is 12.6. The molecule has 6 nitrogen and oxygen atoms in total. The second kappa shape index (κ2) is 6.72. The molecule has 0 unspecified atom stereocenters. The smallest absolute Gasteiger partial charge is 0.408 e. The van der Waals surface area contributed by atoms with Crippen molar-refractivity contribution in [3.05, 3.63) is 0 Å². The van der Waals surface area contributed by atoms with Gasteiger partial charge in [0.15, 0.2) is 5.78 Å². The molecular formula is C14H24N2O4. The first kappa shape index (κ1) is 16.5. The van der Waals surface area contributed by atoms with Crippen LogP contribution >= 0.6 is 0 Å². The van der Waals surface area contributed by atoms with E-state index in [0.29, 0.717) is 13.0 Å². The first-order valence-electron chi connectivity index (χ1n) is 6.96. The summed E-state index contributed by atoms with van der Waals surface area (Å²) >= 11 is 0. The van der Waals surface area contributed by atoms with Gasteiger partial charge >= 0.3 is 6.09 Å². The van der Waals surface area contributed by atoms with E-state index < -0.39 is 17.7 Å². The number of piperidine rings is 1. The minimum atomic E-state index is -0.682. The van der Waals surface area contributed by atoms with E-state index in [9.17, 15) is 14.4 Å². The number of ketones is 1. The van der Waals surface area contributed by atoms with E-state index in [1.807, 2.05) is 0 Å². The fourth-order valence-corrected chi connectivity index (χ4v) is 2.12. The highest BCUT2D eigenvalue weighted by molar-refractivity contribution is 5.87. The molecular weight excluding hydrogens is 260 g/mol. The number of carbonyl (C=O) groups is 3. The third-order valence-electron chi connectivity index (χ3n) is 3.10. The Morgan fingerprint density at radius 1 is 1.45 bits per heavy atom. The maximum absolute atomic E-state index is 11.7. The number of nitrogens with one attached hydrogen (secondary N) is 2. The zero-order chi connectivity index (χ0) is 15.3. The number of amides is 2. The van der Waals surface area contributed by atoms with E-state index in [1.165, 1.54) is 6.92 Å². The molecule has 0 radical (unpaired) electrons. The van der Waals surface area contributed by atoms with Crippen LogP contribution in [0, 0.1) is 5.92 Å². The van der Waals surface area contributed by atoms with Crippen molar-refractivity contribution in [3.63, 3.8) is 0 Å². The summed E-state index contributed by atoms with van der Waals surface area (Å²) in [5.41, 5.74) is -0.617. The fourth-order valence-electron chi connectivity index (χ4n) is 2.12. The Bertz CT molecular complexity index is 387. The summed E-state index contributed by atoms with van der Waals surface area (Å²) in [6, 6.07) is -0.682. The highest BCUT2D eigenvalue weighted by Crippen LogP contribution is 2.18. The molecule has 0 spiro atoms. The number of carbonyl (C=O) groups excluding carboxylic acids is 3. The summed E-state index contributed by atoms with van der Waals surface area (Å²) in [4.78, 5) is 35.0. The second-order valence-corrected chi connectivity index (χ2v) is 6.18. The van der Waals surface area contributed by atoms with Crippen LogP contribution in [0.5, 0.6) is 0 Å². The lowest BCUT2D eigenvalue weighted by Crippen LogP contribution is -2.46. The summed E-state index contributed by atoms with van der Waals surface area (Å²) in [6.07, 6.45) is 1.33. The molecule has 1 aliphatic heterocycles. The van der Waals surface area contributed by atoms with E-state index in [4.69, 9.17) is 4.74 Å². The van der Waals surface area contributed by atoms with Gasteiger partial charge in [-0.15, -0.1) is 0 Å². The third kappa shape index (κ3) is 5.59. The lowest BCUT2D eigenvalue weighted by molar-refractivity contribution is -0.127. The van der Waals surface area contributed by atoms with E-state index in [0.717, 1.165) is 12.8 Å². The van der Waals surface area contributed by atoms with Crippen LogP contribution < -0.4 is 10.6 Å². The number of ether oxygens (including phenoxy) is 1. The normalized spacial score (nSPS) is 20.8. The van der Waals surface area contributed by atoms with Gasteiger partial charge in [-0.25, -0.2) is 4.79 Å². The minimum absolute atomic E-state index is 0.0477. The van der Waals surface area contributed by atoms with Gasteiger partial charge < -0.3 is 15.4 Å². The molecule has 0 bridgehead atoms. The molecule has 0 aromatic rings. The van der Waals surface area contributed by atoms with Crippen LogP contribution in [0.1, 0.15) is 47.0 Å². The minimum Gasteiger partial charge on any atom is -0.444 e. The fraction of sp³-hybridized carbons (Fsp3) is 0.786. The molecule has 0 aliphatic carbocycles. The van der Waals surface area contributed by atoms with Gasteiger partial charge in [-0.2, -0.15) is 0 Å². The van der Waals surface area contributed by atoms with Gasteiger partial charge in [0, 0.05) is 12.5 Å². The molecule has 6 heteroatoms. The summed E-state index contributed by atoms with van der Waals surface area (Å²) in [5.74, 6) is -0.449. The predicted molar refractivity (Wildman–Crippen MR) is 74.2 cm³/mol. The van der Waals surface area contributed by atoms with Crippen LogP contribution in [0.15, 0.2) is 0 Å². The number of rotatable bonds is 4. The molecule has 1 rings (SSSR count). The lowest BCUT2D eigenvalue weighted by Gasteiger charge is -2.26. The zero-order valence-electron chi connectivity index (χ0n) is 12.6. The largest absolute Gasteiger partial charge is 0.444 e. The van der Waals surface area contributed by atoms with Crippen molar-refractivity contribution in [1.29, 1.82) is 0 Å². The highest BCUT2D eigenvalue weighted by atomic mass is 16.6. The molecule has 1 fully saturated rings. The standard InChI is InChI=1S/C14H24N2O4/c1-9(17)11(16-13(19)20-14(2,3)4)8-10-6-5-7-15-12(10)18/h10-11H,5-8H2,1-4H3,(H,15,18)(H,16,19)/t10-,11-/m0/s1. The Balaban J connectivity index is 2.58. The Labute approximate surface area is 119 Å². The van der Waals surface area contributed by atoms with E-state index in [2.05, 4.69) is 10.6 Å². The Kier molecular flexibility index (Phi) is 5.53. The van der Waals surface area contributed by atoms with Gasteiger partial charge in [0.25, 0.3) is 0 Å². The first-order chi connectivity index (χ1) is 9.19. The number of Topliss-reactive ketones (excluding diaryl/α,β-unsaturated/α-hetero) is 1. The van der Waals surface area contributed by atoms with Gasteiger partial charge in [0.05, 0.1) is 6.04 Å².